The van der Waals surface area contributed by atoms with Crippen LogP contribution in [0.15, 0.2) is 29.3 Å². The van der Waals surface area contributed by atoms with E-state index in [4.69, 9.17) is 0 Å². The number of piperazine rings is 1. The average molecular weight is 354 g/mol. The van der Waals surface area contributed by atoms with Crippen LogP contribution in [-0.4, -0.2) is 62.3 Å². The first-order valence-electron chi connectivity index (χ1n) is 9.48. The molecule has 26 heavy (non-hydrogen) atoms. The van der Waals surface area contributed by atoms with Crippen LogP contribution in [0.4, 0.5) is 0 Å². The molecule has 0 amide bonds. The monoisotopic (exact) mass is 354 g/mol. The van der Waals surface area contributed by atoms with Crippen LogP contribution < -0.4 is 5.56 Å². The normalized spacial score (nSPS) is 19.0. The Kier molecular flexibility index (Phi) is 5.08. The second-order valence-electron chi connectivity index (χ2n) is 7.38. The highest BCUT2D eigenvalue weighted by Crippen LogP contribution is 2.37. The van der Waals surface area contributed by atoms with Gasteiger partial charge in [0.15, 0.2) is 0 Å². The summed E-state index contributed by atoms with van der Waals surface area (Å²) in [5, 5.41) is 4.30. The Morgan fingerprint density at radius 3 is 2.38 bits per heavy atom. The van der Waals surface area contributed by atoms with Gasteiger partial charge >= 0.3 is 0 Å². The summed E-state index contributed by atoms with van der Waals surface area (Å²) in [6.45, 7) is 8.43. The van der Waals surface area contributed by atoms with Crippen LogP contribution in [0.25, 0.3) is 0 Å². The maximum Gasteiger partial charge on any atom is 0.266 e. The molecule has 0 atom stereocenters. The van der Waals surface area contributed by atoms with Crippen LogP contribution in [0.3, 0.4) is 0 Å². The molecule has 3 heterocycles. The van der Waals surface area contributed by atoms with Gasteiger partial charge in [-0.2, -0.15) is 5.10 Å². The molecule has 7 nitrogen and oxygen atoms in total. The highest BCUT2D eigenvalue weighted by Gasteiger charge is 2.26. The van der Waals surface area contributed by atoms with E-state index in [-0.39, 0.29) is 5.56 Å². The maximum absolute atomic E-state index is 11.8. The van der Waals surface area contributed by atoms with Crippen molar-refractivity contribution in [2.24, 2.45) is 0 Å². The van der Waals surface area contributed by atoms with Crippen molar-refractivity contribution in [3.05, 3.63) is 52.0 Å². The highest BCUT2D eigenvalue weighted by molar-refractivity contribution is 5.10. The van der Waals surface area contributed by atoms with E-state index < -0.39 is 0 Å². The molecule has 0 N–H and O–H groups in total. The van der Waals surface area contributed by atoms with Crippen LogP contribution >= 0.6 is 0 Å². The van der Waals surface area contributed by atoms with E-state index in [9.17, 15) is 4.79 Å². The molecule has 4 rings (SSSR count). The molecule has 1 saturated heterocycles. The summed E-state index contributed by atoms with van der Waals surface area (Å²) in [5.41, 5.74) is 2.05. The van der Waals surface area contributed by atoms with Crippen LogP contribution in [0.5, 0.6) is 0 Å². The molecule has 0 radical (unpaired) electrons. The van der Waals surface area contributed by atoms with Gasteiger partial charge in [-0.05, 0) is 25.8 Å². The Labute approximate surface area is 153 Å². The number of hydrogen-bond donors (Lipinski definition) is 0. The summed E-state index contributed by atoms with van der Waals surface area (Å²) in [5.74, 6) is 1.63. The lowest BCUT2D eigenvalue weighted by molar-refractivity contribution is 0.122. The first kappa shape index (κ1) is 17.3. The van der Waals surface area contributed by atoms with Crippen molar-refractivity contribution < 1.29 is 0 Å². The second kappa shape index (κ2) is 7.63. The Bertz CT molecular complexity index is 790. The van der Waals surface area contributed by atoms with E-state index in [0.717, 1.165) is 50.8 Å². The van der Waals surface area contributed by atoms with Crippen LogP contribution in [0.2, 0.25) is 0 Å². The van der Waals surface area contributed by atoms with E-state index in [2.05, 4.69) is 24.9 Å². The second-order valence-corrected chi connectivity index (χ2v) is 7.38. The standard InChI is InChI=1S/C19H26N6O/c1-15-2-5-18(26)25(22-15)11-10-23-6-8-24(9-7-23)14-16-12-20-19(21-13-16)17-3-4-17/h2,5,12-13,17H,3-4,6-11,14H2,1H3. The average Bonchev–Trinajstić information content (AvgIpc) is 3.50. The molecule has 1 aliphatic heterocycles. The third-order valence-electron chi connectivity index (χ3n) is 5.17. The minimum Gasteiger partial charge on any atom is -0.299 e. The molecule has 2 aromatic rings. The third-order valence-corrected chi connectivity index (χ3v) is 5.17. The van der Waals surface area contributed by atoms with E-state index in [1.54, 1.807) is 16.8 Å². The van der Waals surface area contributed by atoms with E-state index in [0.29, 0.717) is 12.5 Å². The number of hydrogen-bond acceptors (Lipinski definition) is 6. The van der Waals surface area contributed by atoms with Gasteiger partial charge in [-0.15, -0.1) is 0 Å². The van der Waals surface area contributed by atoms with Crippen molar-refractivity contribution in [3.8, 4) is 0 Å². The van der Waals surface area contributed by atoms with Gasteiger partial charge < -0.3 is 0 Å². The van der Waals surface area contributed by atoms with Crippen molar-refractivity contribution in [2.75, 3.05) is 32.7 Å². The van der Waals surface area contributed by atoms with Gasteiger partial charge in [0.05, 0.1) is 12.2 Å². The maximum atomic E-state index is 11.8. The molecule has 7 heteroatoms. The van der Waals surface area contributed by atoms with Gasteiger partial charge in [0.25, 0.3) is 5.56 Å². The topological polar surface area (TPSA) is 67.2 Å². The number of rotatable bonds is 6. The minimum absolute atomic E-state index is 0.0242. The molecular formula is C19H26N6O. The molecule has 2 fully saturated rings. The quantitative estimate of drug-likeness (QED) is 0.772. The molecule has 0 spiro atoms. The van der Waals surface area contributed by atoms with Gasteiger partial charge in [0.2, 0.25) is 0 Å². The fourth-order valence-electron chi connectivity index (χ4n) is 3.38. The Balaban J connectivity index is 1.23. The summed E-state index contributed by atoms with van der Waals surface area (Å²) >= 11 is 0. The Morgan fingerprint density at radius 1 is 1.00 bits per heavy atom. The summed E-state index contributed by atoms with van der Waals surface area (Å²) in [6.07, 6.45) is 6.46. The number of aromatic nitrogens is 4. The lowest BCUT2D eigenvalue weighted by atomic mass is 10.2. The van der Waals surface area contributed by atoms with Crippen molar-refractivity contribution >= 4 is 0 Å². The lowest BCUT2D eigenvalue weighted by Crippen LogP contribution is -2.47. The van der Waals surface area contributed by atoms with Crippen molar-refractivity contribution in [1.29, 1.82) is 0 Å². The molecule has 0 aromatic carbocycles. The van der Waals surface area contributed by atoms with Crippen molar-refractivity contribution in [3.63, 3.8) is 0 Å². The predicted octanol–water partition coefficient (Wildman–Crippen LogP) is 1.04. The Hall–Kier alpha value is -2.12. The first-order valence-corrected chi connectivity index (χ1v) is 9.48. The summed E-state index contributed by atoms with van der Waals surface area (Å²) in [6, 6.07) is 3.36. The van der Waals surface area contributed by atoms with Gasteiger partial charge in [-0.3, -0.25) is 14.6 Å². The molecule has 1 aliphatic carbocycles. The zero-order valence-corrected chi connectivity index (χ0v) is 15.3. The zero-order valence-electron chi connectivity index (χ0n) is 15.3. The molecule has 2 aromatic heterocycles. The zero-order chi connectivity index (χ0) is 17.9. The van der Waals surface area contributed by atoms with Gasteiger partial charge in [0.1, 0.15) is 5.82 Å². The van der Waals surface area contributed by atoms with Crippen LogP contribution in [0.1, 0.15) is 35.8 Å². The molecule has 0 bridgehead atoms. The lowest BCUT2D eigenvalue weighted by Gasteiger charge is -2.34. The van der Waals surface area contributed by atoms with Crippen molar-refractivity contribution in [2.45, 2.75) is 38.8 Å². The largest absolute Gasteiger partial charge is 0.299 e. The molecule has 2 aliphatic rings. The van der Waals surface area contributed by atoms with Gasteiger partial charge in [0, 0.05) is 69.2 Å². The molecular weight excluding hydrogens is 328 g/mol. The van der Waals surface area contributed by atoms with E-state index >= 15 is 0 Å². The van der Waals surface area contributed by atoms with E-state index in [1.807, 2.05) is 19.3 Å². The molecule has 0 unspecified atom stereocenters. The highest BCUT2D eigenvalue weighted by atomic mass is 16.1. The molecule has 1 saturated carbocycles. The SMILES string of the molecule is Cc1ccc(=O)n(CCN2CCN(Cc3cnc(C4CC4)nc3)CC2)n1. The van der Waals surface area contributed by atoms with Crippen LogP contribution in [0, 0.1) is 6.92 Å². The van der Waals surface area contributed by atoms with Gasteiger partial charge in [-0.25, -0.2) is 14.6 Å². The fraction of sp³-hybridized carbons (Fsp3) is 0.579. The number of nitrogens with zero attached hydrogens (tertiary/aromatic N) is 6. The summed E-state index contributed by atoms with van der Waals surface area (Å²) in [4.78, 5) is 25.7. The number of aryl methyl sites for hydroxylation is 1. The summed E-state index contributed by atoms with van der Waals surface area (Å²) in [7, 11) is 0. The third kappa shape index (κ3) is 4.34. The molecule has 138 valence electrons. The summed E-state index contributed by atoms with van der Waals surface area (Å²) < 4.78 is 1.57. The predicted molar refractivity (Wildman–Crippen MR) is 99.0 cm³/mol. The van der Waals surface area contributed by atoms with Crippen LogP contribution in [-0.2, 0) is 13.1 Å². The Morgan fingerprint density at radius 2 is 1.69 bits per heavy atom. The van der Waals surface area contributed by atoms with Crippen molar-refractivity contribution in [1.82, 2.24) is 29.5 Å². The van der Waals surface area contributed by atoms with E-state index in [1.165, 1.54) is 18.4 Å². The smallest absolute Gasteiger partial charge is 0.266 e. The fourth-order valence-corrected chi connectivity index (χ4v) is 3.38. The minimum atomic E-state index is -0.0242. The van der Waals surface area contributed by atoms with Gasteiger partial charge in [-0.1, -0.05) is 0 Å². The first-order chi connectivity index (χ1) is 12.7.